The molecule has 6 nitrogen and oxygen atoms in total. The van der Waals surface area contributed by atoms with Gasteiger partial charge in [0.1, 0.15) is 13.2 Å². The molecule has 83 heavy (non-hydrogen) atoms. The average Bonchev–Trinajstić information content (AvgIpc) is 3.50. The molecule has 1 atom stereocenters. The van der Waals surface area contributed by atoms with E-state index < -0.39 is 6.10 Å². The number of hydrogen-bond donors (Lipinski definition) is 0. The smallest absolute Gasteiger partial charge is 0.306 e. The van der Waals surface area contributed by atoms with Gasteiger partial charge in [0.25, 0.3) is 0 Å². The lowest BCUT2D eigenvalue weighted by atomic mass is 10.0. The Morgan fingerprint density at radius 3 is 0.735 bits per heavy atom. The Morgan fingerprint density at radius 1 is 0.253 bits per heavy atom. The number of carbonyl (C=O) groups is 3. The van der Waals surface area contributed by atoms with E-state index in [2.05, 4.69) is 81.5 Å². The summed E-state index contributed by atoms with van der Waals surface area (Å²) in [6, 6.07) is 0. The van der Waals surface area contributed by atoms with Crippen molar-refractivity contribution >= 4 is 17.9 Å². The maximum absolute atomic E-state index is 13.0. The van der Waals surface area contributed by atoms with Gasteiger partial charge in [0.2, 0.25) is 0 Å². The molecule has 484 valence electrons. The average molecular weight is 1160 g/mol. The number of esters is 3. The lowest BCUT2D eigenvalue weighted by Crippen LogP contribution is -2.30. The number of unbranched alkanes of at least 4 members (excludes halogenated alkanes) is 47. The highest BCUT2D eigenvalue weighted by atomic mass is 16.6. The minimum atomic E-state index is -0.784. The van der Waals surface area contributed by atoms with Crippen molar-refractivity contribution in [3.05, 3.63) is 60.8 Å². The van der Waals surface area contributed by atoms with Crippen LogP contribution in [0.2, 0.25) is 0 Å². The summed E-state index contributed by atoms with van der Waals surface area (Å²) in [4.78, 5) is 38.5. The Labute approximate surface area is 517 Å². The van der Waals surface area contributed by atoms with Gasteiger partial charge in [0.05, 0.1) is 0 Å². The highest BCUT2D eigenvalue weighted by Gasteiger charge is 2.19. The summed E-state index contributed by atoms with van der Waals surface area (Å²) in [5.74, 6) is -0.866. The summed E-state index contributed by atoms with van der Waals surface area (Å²) in [6.07, 6.45) is 92.5. The summed E-state index contributed by atoms with van der Waals surface area (Å²) < 4.78 is 17.0. The molecule has 0 saturated heterocycles. The Hall–Kier alpha value is -2.89. The van der Waals surface area contributed by atoms with Crippen LogP contribution in [0.3, 0.4) is 0 Å². The van der Waals surface area contributed by atoms with Crippen LogP contribution in [0.15, 0.2) is 60.8 Å². The van der Waals surface area contributed by atoms with Crippen molar-refractivity contribution in [3.63, 3.8) is 0 Å². The van der Waals surface area contributed by atoms with Crippen molar-refractivity contribution in [2.45, 2.75) is 399 Å². The van der Waals surface area contributed by atoms with Crippen molar-refractivity contribution in [1.29, 1.82) is 0 Å². The number of hydrogen-bond acceptors (Lipinski definition) is 6. The van der Waals surface area contributed by atoms with E-state index in [0.717, 1.165) is 109 Å². The lowest BCUT2D eigenvalue weighted by molar-refractivity contribution is -0.167. The molecule has 0 spiro atoms. The van der Waals surface area contributed by atoms with Crippen LogP contribution in [0, 0.1) is 0 Å². The Morgan fingerprint density at radius 2 is 0.470 bits per heavy atom. The Bertz CT molecular complexity index is 1470. The lowest BCUT2D eigenvalue weighted by Gasteiger charge is -2.18. The first kappa shape index (κ1) is 80.1. The van der Waals surface area contributed by atoms with E-state index in [0.29, 0.717) is 19.3 Å². The molecular formula is C77H140O6. The highest BCUT2D eigenvalue weighted by Crippen LogP contribution is 2.19. The van der Waals surface area contributed by atoms with Crippen LogP contribution in [-0.4, -0.2) is 37.2 Å². The molecule has 0 bridgehead atoms. The largest absolute Gasteiger partial charge is 0.462 e. The van der Waals surface area contributed by atoms with Gasteiger partial charge in [-0.05, 0) is 64.2 Å². The molecule has 0 aliphatic rings. The monoisotopic (exact) mass is 1160 g/mol. The molecule has 0 saturated carbocycles. The molecule has 0 amide bonds. The van der Waals surface area contributed by atoms with Crippen LogP contribution >= 0.6 is 0 Å². The van der Waals surface area contributed by atoms with E-state index in [9.17, 15) is 14.4 Å². The molecule has 0 rings (SSSR count). The van der Waals surface area contributed by atoms with Gasteiger partial charge in [0, 0.05) is 19.3 Å². The van der Waals surface area contributed by atoms with Crippen LogP contribution in [-0.2, 0) is 28.6 Å². The fourth-order valence-electron chi connectivity index (χ4n) is 11.1. The Kier molecular flexibility index (Phi) is 69.1. The van der Waals surface area contributed by atoms with E-state index in [4.69, 9.17) is 14.2 Å². The SMILES string of the molecule is CC/C=C\C/C=C\C/C=C\C/C=C\C/C=C\CCCCCCCC(=O)OC(COC(=O)CCCCCCCCCCCCCCCCCCCCC)COC(=O)CCCCCCCCCCCCCCCCCCCCCCCCCCC. The van der Waals surface area contributed by atoms with Crippen molar-refractivity contribution in [3.8, 4) is 0 Å². The zero-order valence-corrected chi connectivity index (χ0v) is 55.7. The van der Waals surface area contributed by atoms with Crippen LogP contribution in [0.4, 0.5) is 0 Å². The first-order chi connectivity index (χ1) is 41.0. The molecule has 0 aromatic heterocycles. The summed E-state index contributed by atoms with van der Waals surface area (Å²) >= 11 is 0. The van der Waals surface area contributed by atoms with Crippen LogP contribution in [0.5, 0.6) is 0 Å². The van der Waals surface area contributed by atoms with Crippen molar-refractivity contribution < 1.29 is 28.6 Å². The zero-order valence-electron chi connectivity index (χ0n) is 55.7. The van der Waals surface area contributed by atoms with Gasteiger partial charge in [-0.2, -0.15) is 0 Å². The maximum atomic E-state index is 13.0. The first-order valence-corrected chi connectivity index (χ1v) is 36.8. The van der Waals surface area contributed by atoms with Gasteiger partial charge in [-0.3, -0.25) is 14.4 Å². The van der Waals surface area contributed by atoms with Crippen LogP contribution in [0.25, 0.3) is 0 Å². The standard InChI is InChI=1S/C77H140O6/c1-4-7-10-13-16-19-22-25-28-31-34-36-37-38-39-41-43-46-49-52-55-58-61-64-67-70-76(79)82-73-74(72-81-75(78)69-66-63-60-57-54-51-48-45-42-33-30-27-24-21-18-15-12-9-6-3)83-77(80)71-68-65-62-59-56-53-50-47-44-40-35-32-29-26-23-20-17-14-11-8-5-2/h8,11,17,20,26,29,35,40,47,50,74H,4-7,9-10,12-16,18-19,21-25,27-28,30-34,36-39,41-46,48-49,51-73H2,1-3H3/b11-8-,20-17-,29-26-,40-35-,50-47-. The molecule has 0 N–H and O–H groups in total. The topological polar surface area (TPSA) is 78.9 Å². The predicted molar refractivity (Wildman–Crippen MR) is 362 cm³/mol. The van der Waals surface area contributed by atoms with E-state index in [1.54, 1.807) is 0 Å². The second-order valence-corrected chi connectivity index (χ2v) is 24.8. The molecule has 0 aliphatic heterocycles. The maximum Gasteiger partial charge on any atom is 0.306 e. The first-order valence-electron chi connectivity index (χ1n) is 36.8. The van der Waals surface area contributed by atoms with Gasteiger partial charge in [-0.1, -0.05) is 370 Å². The summed E-state index contributed by atoms with van der Waals surface area (Å²) in [7, 11) is 0. The van der Waals surface area contributed by atoms with Gasteiger partial charge in [0.15, 0.2) is 6.10 Å². The van der Waals surface area contributed by atoms with Gasteiger partial charge < -0.3 is 14.2 Å². The minimum Gasteiger partial charge on any atom is -0.462 e. The highest BCUT2D eigenvalue weighted by molar-refractivity contribution is 5.71. The fraction of sp³-hybridized carbons (Fsp3) is 0.831. The van der Waals surface area contributed by atoms with E-state index in [-0.39, 0.29) is 31.1 Å². The molecule has 0 heterocycles. The number of allylic oxidation sites excluding steroid dienone is 10. The van der Waals surface area contributed by atoms with E-state index >= 15 is 0 Å². The molecule has 0 fully saturated rings. The zero-order chi connectivity index (χ0) is 59.9. The van der Waals surface area contributed by atoms with Crippen LogP contribution < -0.4 is 0 Å². The second kappa shape index (κ2) is 71.6. The Balaban J connectivity index is 4.33. The van der Waals surface area contributed by atoms with Crippen LogP contribution in [0.1, 0.15) is 393 Å². The van der Waals surface area contributed by atoms with Gasteiger partial charge in [-0.25, -0.2) is 0 Å². The summed E-state index contributed by atoms with van der Waals surface area (Å²) in [5.41, 5.74) is 0. The predicted octanol–water partition coefficient (Wildman–Crippen LogP) is 25.5. The van der Waals surface area contributed by atoms with Crippen molar-refractivity contribution in [2.24, 2.45) is 0 Å². The third kappa shape index (κ3) is 69.8. The second-order valence-electron chi connectivity index (χ2n) is 24.8. The quantitative estimate of drug-likeness (QED) is 0.0261. The molecule has 1 unspecified atom stereocenters. The van der Waals surface area contributed by atoms with E-state index in [1.165, 1.54) is 244 Å². The third-order valence-corrected chi connectivity index (χ3v) is 16.5. The molecule has 6 heteroatoms. The van der Waals surface area contributed by atoms with Crippen molar-refractivity contribution in [1.82, 2.24) is 0 Å². The third-order valence-electron chi connectivity index (χ3n) is 16.5. The molecule has 0 aromatic rings. The van der Waals surface area contributed by atoms with Gasteiger partial charge >= 0.3 is 17.9 Å². The normalized spacial score (nSPS) is 12.4. The number of rotatable bonds is 68. The van der Waals surface area contributed by atoms with Gasteiger partial charge in [-0.15, -0.1) is 0 Å². The molecule has 0 radical (unpaired) electrons. The molecular weight excluding hydrogens is 1020 g/mol. The molecule has 0 aromatic carbocycles. The van der Waals surface area contributed by atoms with Crippen molar-refractivity contribution in [2.75, 3.05) is 13.2 Å². The number of carbonyl (C=O) groups excluding carboxylic acids is 3. The number of ether oxygens (including phenoxy) is 3. The summed E-state index contributed by atoms with van der Waals surface area (Å²) in [5, 5.41) is 0. The minimum absolute atomic E-state index is 0.0770. The summed E-state index contributed by atoms with van der Waals surface area (Å²) in [6.45, 7) is 6.59. The van der Waals surface area contributed by atoms with E-state index in [1.807, 2.05) is 0 Å². The fourth-order valence-corrected chi connectivity index (χ4v) is 11.1. The molecule has 0 aliphatic carbocycles.